The molecule has 2 saturated heterocycles. The first-order chi connectivity index (χ1) is 17.4. The maximum Gasteiger partial charge on any atom is 0.240 e. The summed E-state index contributed by atoms with van der Waals surface area (Å²) in [7, 11) is 4.00. The molecule has 2 atom stereocenters. The molecule has 4 N–H and O–H groups in total. The molecule has 2 heterocycles. The van der Waals surface area contributed by atoms with E-state index in [0.717, 1.165) is 0 Å². The maximum atomic E-state index is 13.8. The van der Waals surface area contributed by atoms with Gasteiger partial charge in [0.15, 0.2) is 0 Å². The Labute approximate surface area is 229 Å². The highest BCUT2D eigenvalue weighted by atomic mass is 16.2. The fourth-order valence-electron chi connectivity index (χ4n) is 5.21. The van der Waals surface area contributed by atoms with Crippen molar-refractivity contribution < 1.29 is 9.59 Å². The van der Waals surface area contributed by atoms with Crippen molar-refractivity contribution in [2.24, 2.45) is 16.7 Å². The summed E-state index contributed by atoms with van der Waals surface area (Å²) in [5.41, 5.74) is -2.45. The number of hydrogen-bond donors (Lipinski definition) is 3. The van der Waals surface area contributed by atoms with Crippen molar-refractivity contribution >= 4 is 11.8 Å². The van der Waals surface area contributed by atoms with Crippen LogP contribution in [0, 0.1) is 33.5 Å². The predicted molar refractivity (Wildman–Crippen MR) is 148 cm³/mol. The van der Waals surface area contributed by atoms with E-state index in [2.05, 4.69) is 32.6 Å². The summed E-state index contributed by atoms with van der Waals surface area (Å²) in [6.07, 6.45) is 2.93. The highest BCUT2D eigenvalue weighted by Crippen LogP contribution is 2.30. The van der Waals surface area contributed by atoms with Crippen molar-refractivity contribution in [2.45, 2.75) is 103 Å². The van der Waals surface area contributed by atoms with Crippen LogP contribution in [0.4, 0.5) is 0 Å². The average Bonchev–Trinajstić information content (AvgIpc) is 2.82. The van der Waals surface area contributed by atoms with Crippen LogP contribution < -0.4 is 16.5 Å². The smallest absolute Gasteiger partial charge is 0.240 e. The molecule has 2 aliphatic heterocycles. The van der Waals surface area contributed by atoms with Gasteiger partial charge in [0.1, 0.15) is 23.2 Å². The molecule has 214 valence electrons. The van der Waals surface area contributed by atoms with E-state index in [1.54, 1.807) is 0 Å². The number of likely N-dealkylation sites (tertiary alicyclic amines) is 2. The SMILES string of the molecule is CN1CCC(C#N)(NC(=O)C(CC(C)(C)C)N(N)C(CC(C)(C)C)C(=O)NC2(C#N)CCN(C)CC2)CC1. The van der Waals surface area contributed by atoms with Crippen LogP contribution in [0.2, 0.25) is 0 Å². The third kappa shape index (κ3) is 8.91. The summed E-state index contributed by atoms with van der Waals surface area (Å²) >= 11 is 0. The van der Waals surface area contributed by atoms with Gasteiger partial charge < -0.3 is 20.4 Å². The van der Waals surface area contributed by atoms with Gasteiger partial charge in [0.05, 0.1) is 12.1 Å². The number of nitrogens with zero attached hydrogens (tertiary/aromatic N) is 5. The van der Waals surface area contributed by atoms with Crippen LogP contribution in [0.3, 0.4) is 0 Å². The zero-order valence-corrected chi connectivity index (χ0v) is 24.9. The Balaban J connectivity index is 2.37. The molecule has 0 bridgehead atoms. The minimum atomic E-state index is -0.957. The number of hydrazine groups is 1. The van der Waals surface area contributed by atoms with E-state index in [1.807, 2.05) is 55.6 Å². The van der Waals surface area contributed by atoms with Gasteiger partial charge in [-0.05, 0) is 63.5 Å². The Morgan fingerprint density at radius 1 is 0.789 bits per heavy atom. The molecule has 0 aliphatic carbocycles. The Kier molecular flexibility index (Phi) is 10.3. The topological polar surface area (TPSA) is 142 Å². The van der Waals surface area contributed by atoms with Crippen molar-refractivity contribution in [3.8, 4) is 12.1 Å². The summed E-state index contributed by atoms with van der Waals surface area (Å²) in [5, 5.41) is 27.5. The van der Waals surface area contributed by atoms with Crippen LogP contribution in [0.5, 0.6) is 0 Å². The van der Waals surface area contributed by atoms with Crippen LogP contribution in [0.15, 0.2) is 0 Å². The Morgan fingerprint density at radius 3 is 1.32 bits per heavy atom. The highest BCUT2D eigenvalue weighted by Gasteiger charge is 2.44. The lowest BCUT2D eigenvalue weighted by molar-refractivity contribution is -0.137. The lowest BCUT2D eigenvalue weighted by Gasteiger charge is -2.42. The second-order valence-corrected chi connectivity index (χ2v) is 14.0. The molecule has 10 nitrogen and oxygen atoms in total. The first kappa shape index (κ1) is 32.0. The molecule has 0 aromatic carbocycles. The molecule has 0 aromatic heterocycles. The van der Waals surface area contributed by atoms with Gasteiger partial charge in [0.2, 0.25) is 11.8 Å². The van der Waals surface area contributed by atoms with Crippen LogP contribution in [0.1, 0.15) is 80.1 Å². The van der Waals surface area contributed by atoms with Gasteiger partial charge in [-0.25, -0.2) is 5.01 Å². The first-order valence-corrected chi connectivity index (χ1v) is 13.8. The van der Waals surface area contributed by atoms with Gasteiger partial charge in [-0.15, -0.1) is 0 Å². The maximum absolute atomic E-state index is 13.8. The highest BCUT2D eigenvalue weighted by molar-refractivity contribution is 5.86. The number of nitrogens with one attached hydrogen (secondary N) is 2. The lowest BCUT2D eigenvalue weighted by atomic mass is 9.83. The van der Waals surface area contributed by atoms with Crippen molar-refractivity contribution in [1.82, 2.24) is 25.4 Å². The minimum Gasteiger partial charge on any atom is -0.336 e. The molecule has 2 rings (SSSR count). The van der Waals surface area contributed by atoms with Crippen LogP contribution >= 0.6 is 0 Å². The van der Waals surface area contributed by atoms with Crippen molar-refractivity contribution in [1.29, 1.82) is 10.5 Å². The number of nitriles is 2. The van der Waals surface area contributed by atoms with Crippen LogP contribution in [0.25, 0.3) is 0 Å². The molecule has 2 fully saturated rings. The normalized spacial score (nSPS) is 22.1. The third-order valence-corrected chi connectivity index (χ3v) is 7.77. The lowest BCUT2D eigenvalue weighted by Crippen LogP contribution is -2.65. The fraction of sp³-hybridized carbons (Fsp3) is 0.857. The van der Waals surface area contributed by atoms with E-state index in [4.69, 9.17) is 5.84 Å². The zero-order chi connectivity index (χ0) is 28.9. The van der Waals surface area contributed by atoms with Crippen molar-refractivity contribution in [3.05, 3.63) is 0 Å². The molecule has 0 saturated carbocycles. The summed E-state index contributed by atoms with van der Waals surface area (Å²) in [6.45, 7) is 15.0. The minimum absolute atomic E-state index is 0.267. The van der Waals surface area contributed by atoms with E-state index in [1.165, 1.54) is 5.01 Å². The number of carbonyl (C=O) groups excluding carboxylic acids is 2. The molecule has 10 heteroatoms. The number of rotatable bonds is 8. The van der Waals surface area contributed by atoms with Crippen molar-refractivity contribution in [3.63, 3.8) is 0 Å². The number of nitrogens with two attached hydrogens (primary N) is 1. The molecule has 0 radical (unpaired) electrons. The van der Waals surface area contributed by atoms with E-state index >= 15 is 0 Å². The predicted octanol–water partition coefficient (Wildman–Crippen LogP) is 1.98. The molecule has 2 amide bonds. The molecular formula is C28H50N8O2. The van der Waals surface area contributed by atoms with E-state index < -0.39 is 23.2 Å². The van der Waals surface area contributed by atoms with E-state index in [0.29, 0.717) is 64.7 Å². The number of piperidine rings is 2. The molecule has 0 spiro atoms. The van der Waals surface area contributed by atoms with Gasteiger partial charge in [0, 0.05) is 26.2 Å². The number of amides is 2. The Morgan fingerprint density at radius 2 is 1.08 bits per heavy atom. The van der Waals surface area contributed by atoms with Gasteiger partial charge >= 0.3 is 0 Å². The van der Waals surface area contributed by atoms with Crippen LogP contribution in [-0.4, -0.2) is 90.1 Å². The molecular weight excluding hydrogens is 480 g/mol. The fourth-order valence-corrected chi connectivity index (χ4v) is 5.21. The Hall–Kier alpha value is -2.24. The Bertz CT molecular complexity index is 833. The molecule has 2 unspecified atom stereocenters. The number of carbonyl (C=O) groups is 2. The van der Waals surface area contributed by atoms with Crippen molar-refractivity contribution in [2.75, 3.05) is 40.3 Å². The van der Waals surface area contributed by atoms with Gasteiger partial charge in [-0.3, -0.25) is 15.4 Å². The largest absolute Gasteiger partial charge is 0.336 e. The summed E-state index contributed by atoms with van der Waals surface area (Å²) in [5.74, 6) is 6.05. The van der Waals surface area contributed by atoms with Gasteiger partial charge in [0.25, 0.3) is 0 Å². The zero-order valence-electron chi connectivity index (χ0n) is 24.9. The second-order valence-electron chi connectivity index (χ2n) is 14.0. The summed E-state index contributed by atoms with van der Waals surface area (Å²) in [4.78, 5) is 31.9. The second kappa shape index (κ2) is 12.3. The van der Waals surface area contributed by atoms with E-state index in [9.17, 15) is 20.1 Å². The van der Waals surface area contributed by atoms with Gasteiger partial charge in [-0.1, -0.05) is 41.5 Å². The third-order valence-electron chi connectivity index (χ3n) is 7.77. The van der Waals surface area contributed by atoms with Crippen LogP contribution in [-0.2, 0) is 9.59 Å². The molecule has 38 heavy (non-hydrogen) atoms. The summed E-state index contributed by atoms with van der Waals surface area (Å²) in [6, 6.07) is 3.05. The number of hydrogen-bond acceptors (Lipinski definition) is 8. The quantitative estimate of drug-likeness (QED) is 0.319. The summed E-state index contributed by atoms with van der Waals surface area (Å²) < 4.78 is 0. The standard InChI is InChI=1S/C28H50N8O2/c1-25(2,3)17-21(23(37)32-27(19-29)9-13-34(7)14-10-27)36(31)22(18-26(4,5)6)24(38)33-28(20-30)11-15-35(8)16-12-28/h21-22H,9-18,31H2,1-8H3,(H,32,37)(H,33,38). The molecule has 0 aromatic rings. The molecule has 2 aliphatic rings. The first-order valence-electron chi connectivity index (χ1n) is 13.8. The monoisotopic (exact) mass is 530 g/mol. The van der Waals surface area contributed by atoms with Gasteiger partial charge in [-0.2, -0.15) is 10.5 Å². The average molecular weight is 531 g/mol. The van der Waals surface area contributed by atoms with E-state index in [-0.39, 0.29) is 22.6 Å².